The molecule has 0 radical (unpaired) electrons. The van der Waals surface area contributed by atoms with Gasteiger partial charge in [-0.1, -0.05) is 30.3 Å². The van der Waals surface area contributed by atoms with Crippen LogP contribution in [0.1, 0.15) is 22.0 Å². The van der Waals surface area contributed by atoms with Gasteiger partial charge in [-0.2, -0.15) is 0 Å². The zero-order valence-electron chi connectivity index (χ0n) is 17.2. The molecule has 1 heterocycles. The summed E-state index contributed by atoms with van der Waals surface area (Å²) in [4.78, 5) is 37.5. The van der Waals surface area contributed by atoms with E-state index in [2.05, 4.69) is 5.32 Å². The second kappa shape index (κ2) is 9.90. The van der Waals surface area contributed by atoms with Crippen molar-refractivity contribution < 1.29 is 28.7 Å². The van der Waals surface area contributed by atoms with Gasteiger partial charge in [-0.05, 0) is 5.56 Å². The lowest BCUT2D eigenvalue weighted by Gasteiger charge is -2.33. The van der Waals surface area contributed by atoms with Crippen molar-refractivity contribution in [2.24, 2.45) is 0 Å². The van der Waals surface area contributed by atoms with Gasteiger partial charge in [-0.3, -0.25) is 19.7 Å². The van der Waals surface area contributed by atoms with Gasteiger partial charge in [0.2, 0.25) is 5.91 Å². The number of nitro benzene ring substituents is 1. The van der Waals surface area contributed by atoms with E-state index < -0.39 is 16.5 Å². The third-order valence-corrected chi connectivity index (χ3v) is 4.93. The molecular weight excluding hydrogens is 406 g/mol. The lowest BCUT2D eigenvalue weighted by molar-refractivity contribution is -0.385. The van der Waals surface area contributed by atoms with Gasteiger partial charge in [-0.25, -0.2) is 0 Å². The van der Waals surface area contributed by atoms with E-state index in [1.807, 2.05) is 30.3 Å². The highest BCUT2D eigenvalue weighted by molar-refractivity contribution is 6.00. The van der Waals surface area contributed by atoms with E-state index in [0.717, 1.165) is 11.6 Å². The summed E-state index contributed by atoms with van der Waals surface area (Å²) < 4.78 is 15.9. The number of nitro groups is 1. The number of ether oxygens (including phenoxy) is 3. The Hall–Kier alpha value is -3.66. The Labute approximate surface area is 178 Å². The first-order valence-electron chi connectivity index (χ1n) is 9.57. The van der Waals surface area contributed by atoms with E-state index in [9.17, 15) is 19.7 Å². The van der Waals surface area contributed by atoms with Crippen LogP contribution in [-0.2, 0) is 9.53 Å². The van der Waals surface area contributed by atoms with Gasteiger partial charge < -0.3 is 24.4 Å². The number of amides is 2. The molecular formula is C21H23N3O7. The number of methoxy groups -OCH3 is 2. The third kappa shape index (κ3) is 5.10. The summed E-state index contributed by atoms with van der Waals surface area (Å²) in [5, 5.41) is 13.9. The Kier molecular flexibility index (Phi) is 7.03. The van der Waals surface area contributed by atoms with Crippen LogP contribution in [0.4, 0.5) is 5.69 Å². The molecule has 1 unspecified atom stereocenters. The average molecular weight is 429 g/mol. The maximum absolute atomic E-state index is 12.6. The van der Waals surface area contributed by atoms with Gasteiger partial charge in [0, 0.05) is 12.6 Å². The van der Waals surface area contributed by atoms with Gasteiger partial charge in [0.15, 0.2) is 11.5 Å². The maximum atomic E-state index is 12.6. The molecule has 0 aliphatic carbocycles. The van der Waals surface area contributed by atoms with E-state index in [4.69, 9.17) is 14.2 Å². The number of morpholine rings is 1. The second-order valence-corrected chi connectivity index (χ2v) is 6.77. The summed E-state index contributed by atoms with van der Waals surface area (Å²) in [5.41, 5.74) is 0.294. The molecule has 0 bridgehead atoms. The summed E-state index contributed by atoms with van der Waals surface area (Å²) in [6.07, 6.45) is -0.249. The van der Waals surface area contributed by atoms with Gasteiger partial charge >= 0.3 is 0 Å². The Bertz CT molecular complexity index is 965. The van der Waals surface area contributed by atoms with Crippen LogP contribution in [0.15, 0.2) is 42.5 Å². The highest BCUT2D eigenvalue weighted by atomic mass is 16.6. The quantitative estimate of drug-likeness (QED) is 0.527. The van der Waals surface area contributed by atoms with Crippen molar-refractivity contribution in [3.05, 3.63) is 63.7 Å². The highest BCUT2D eigenvalue weighted by Crippen LogP contribution is 2.34. The van der Waals surface area contributed by atoms with Crippen LogP contribution in [0.25, 0.3) is 0 Å². The van der Waals surface area contributed by atoms with E-state index in [1.54, 1.807) is 4.90 Å². The minimum Gasteiger partial charge on any atom is -0.493 e. The first-order valence-corrected chi connectivity index (χ1v) is 9.57. The molecule has 10 heteroatoms. The normalized spacial score (nSPS) is 15.8. The molecule has 2 aromatic rings. The van der Waals surface area contributed by atoms with Crippen LogP contribution in [0.5, 0.6) is 11.5 Å². The summed E-state index contributed by atoms with van der Waals surface area (Å²) in [7, 11) is 2.70. The zero-order chi connectivity index (χ0) is 22.4. The number of hydrogen-bond donors (Lipinski definition) is 1. The molecule has 2 amide bonds. The van der Waals surface area contributed by atoms with Crippen LogP contribution < -0.4 is 14.8 Å². The molecule has 1 saturated heterocycles. The van der Waals surface area contributed by atoms with Gasteiger partial charge in [0.1, 0.15) is 11.7 Å². The fourth-order valence-electron chi connectivity index (χ4n) is 3.31. The number of rotatable bonds is 7. The molecule has 1 N–H and O–H groups in total. The molecule has 10 nitrogen and oxygen atoms in total. The minimum atomic E-state index is -0.756. The smallest absolute Gasteiger partial charge is 0.286 e. The topological polar surface area (TPSA) is 120 Å². The Morgan fingerprint density at radius 1 is 1.19 bits per heavy atom. The van der Waals surface area contributed by atoms with Crippen molar-refractivity contribution in [2.45, 2.75) is 6.10 Å². The number of carbonyl (C=O) groups is 2. The van der Waals surface area contributed by atoms with Crippen molar-refractivity contribution >= 4 is 17.5 Å². The zero-order valence-corrected chi connectivity index (χ0v) is 17.2. The van der Waals surface area contributed by atoms with Crippen molar-refractivity contribution in [2.75, 3.05) is 40.5 Å². The summed E-state index contributed by atoms with van der Waals surface area (Å²) in [5.74, 6) is -0.764. The van der Waals surface area contributed by atoms with Crippen LogP contribution in [0.3, 0.4) is 0 Å². The average Bonchev–Trinajstić information content (AvgIpc) is 2.81. The van der Waals surface area contributed by atoms with E-state index >= 15 is 0 Å². The van der Waals surface area contributed by atoms with Gasteiger partial charge in [0.05, 0.1) is 44.9 Å². The van der Waals surface area contributed by atoms with Crippen LogP contribution in [0.2, 0.25) is 0 Å². The predicted molar refractivity (Wildman–Crippen MR) is 110 cm³/mol. The third-order valence-electron chi connectivity index (χ3n) is 4.93. The standard InChI is InChI=1S/C21H23N3O7/c1-29-17-10-15(16(24(27)28)11-18(17)30-2)21(26)22-12-20(25)23-8-9-31-19(13-23)14-6-4-3-5-7-14/h3-7,10-11,19H,8-9,12-13H2,1-2H3,(H,22,26). The lowest BCUT2D eigenvalue weighted by Crippen LogP contribution is -2.46. The van der Waals surface area contributed by atoms with Crippen LogP contribution >= 0.6 is 0 Å². The fraction of sp³-hybridized carbons (Fsp3) is 0.333. The molecule has 2 aromatic carbocycles. The minimum absolute atomic E-state index is 0.127. The van der Waals surface area contributed by atoms with Crippen molar-refractivity contribution in [1.29, 1.82) is 0 Å². The summed E-state index contributed by atoms with van der Waals surface area (Å²) in [6.45, 7) is 0.829. The van der Waals surface area contributed by atoms with Gasteiger partial charge in [-0.15, -0.1) is 0 Å². The Morgan fingerprint density at radius 2 is 1.87 bits per heavy atom. The van der Waals surface area contributed by atoms with E-state index in [-0.39, 0.29) is 35.6 Å². The molecule has 31 heavy (non-hydrogen) atoms. The second-order valence-electron chi connectivity index (χ2n) is 6.77. The lowest BCUT2D eigenvalue weighted by atomic mass is 10.1. The molecule has 1 aliphatic heterocycles. The summed E-state index contributed by atoms with van der Waals surface area (Å²) in [6, 6.07) is 11.9. The fourth-order valence-corrected chi connectivity index (χ4v) is 3.31. The van der Waals surface area contributed by atoms with Crippen molar-refractivity contribution in [3.8, 4) is 11.5 Å². The molecule has 1 atom stereocenters. The molecule has 0 saturated carbocycles. The maximum Gasteiger partial charge on any atom is 0.286 e. The SMILES string of the molecule is COc1cc(C(=O)NCC(=O)N2CCOC(c3ccccc3)C2)c([N+](=O)[O-])cc1OC. The molecule has 1 fully saturated rings. The van der Waals surface area contributed by atoms with Crippen molar-refractivity contribution in [3.63, 3.8) is 0 Å². The number of nitrogens with zero attached hydrogens (tertiary/aromatic N) is 2. The number of nitrogens with one attached hydrogen (secondary N) is 1. The monoisotopic (exact) mass is 429 g/mol. The first kappa shape index (κ1) is 22.0. The molecule has 0 spiro atoms. The molecule has 164 valence electrons. The Morgan fingerprint density at radius 3 is 2.52 bits per heavy atom. The number of hydrogen-bond acceptors (Lipinski definition) is 7. The molecule has 1 aliphatic rings. The van der Waals surface area contributed by atoms with Crippen molar-refractivity contribution in [1.82, 2.24) is 10.2 Å². The number of carbonyl (C=O) groups excluding carboxylic acids is 2. The Balaban J connectivity index is 1.67. The van der Waals surface area contributed by atoms with E-state index in [0.29, 0.717) is 19.7 Å². The van der Waals surface area contributed by atoms with Crippen LogP contribution in [0, 0.1) is 10.1 Å². The molecule has 3 rings (SSSR count). The highest BCUT2D eigenvalue weighted by Gasteiger charge is 2.28. The number of benzene rings is 2. The van der Waals surface area contributed by atoms with Gasteiger partial charge in [0.25, 0.3) is 11.6 Å². The molecule has 0 aromatic heterocycles. The van der Waals surface area contributed by atoms with Crippen LogP contribution in [-0.4, -0.2) is 62.1 Å². The predicted octanol–water partition coefficient (Wildman–Crippen LogP) is 1.94. The summed E-state index contributed by atoms with van der Waals surface area (Å²) >= 11 is 0. The largest absolute Gasteiger partial charge is 0.493 e. The van der Waals surface area contributed by atoms with E-state index in [1.165, 1.54) is 20.3 Å². The first-order chi connectivity index (χ1) is 14.9.